The molecule has 0 spiro atoms. The maximum absolute atomic E-state index is 4.10. The van der Waals surface area contributed by atoms with Crippen LogP contribution in [0.25, 0.3) is 0 Å². The zero-order valence-corrected chi connectivity index (χ0v) is 15.0. The molecule has 1 heteroatoms. The first-order valence-corrected chi connectivity index (χ1v) is 9.18. The van der Waals surface area contributed by atoms with Crippen LogP contribution in [0.3, 0.4) is 0 Å². The van der Waals surface area contributed by atoms with Crippen LogP contribution in [-0.2, 0) is 18.3 Å². The number of nitrogens with one attached hydrogen (secondary N) is 1. The summed E-state index contributed by atoms with van der Waals surface area (Å²) < 4.78 is 0. The van der Waals surface area contributed by atoms with Crippen LogP contribution in [0.1, 0.15) is 48.9 Å². The van der Waals surface area contributed by atoms with Gasteiger partial charge in [-0.1, -0.05) is 68.5 Å². The van der Waals surface area contributed by atoms with E-state index in [1.165, 1.54) is 22.3 Å². The molecular weight excluding hydrogens is 290 g/mol. The molecule has 0 bridgehead atoms. The third-order valence-corrected chi connectivity index (χ3v) is 5.33. The zero-order valence-electron chi connectivity index (χ0n) is 15.0. The lowest BCUT2D eigenvalue weighted by atomic mass is 9.68. The molecule has 2 aromatic rings. The minimum atomic E-state index is 0.0350. The minimum Gasteiger partial charge on any atom is -0.314 e. The van der Waals surface area contributed by atoms with Crippen LogP contribution < -0.4 is 5.32 Å². The molecule has 1 aliphatic rings. The maximum Gasteiger partial charge on any atom is 0.0254 e. The van der Waals surface area contributed by atoms with Gasteiger partial charge in [-0.3, -0.25) is 0 Å². The van der Waals surface area contributed by atoms with E-state index in [1.807, 2.05) is 0 Å². The molecule has 1 N–H and O–H groups in total. The van der Waals surface area contributed by atoms with Crippen LogP contribution in [0.2, 0.25) is 0 Å². The van der Waals surface area contributed by atoms with E-state index >= 15 is 0 Å². The Balaban J connectivity index is 2.14. The smallest absolute Gasteiger partial charge is 0.0254 e. The second kappa shape index (κ2) is 7.36. The average molecular weight is 319 g/mol. The molecule has 0 radical (unpaired) electrons. The first kappa shape index (κ1) is 17.0. The Hall–Kier alpha value is -1.86. The largest absolute Gasteiger partial charge is 0.314 e. The van der Waals surface area contributed by atoms with E-state index in [0.29, 0.717) is 6.04 Å². The van der Waals surface area contributed by atoms with Gasteiger partial charge in [0.25, 0.3) is 0 Å². The molecule has 0 amide bonds. The van der Waals surface area contributed by atoms with E-state index in [9.17, 15) is 0 Å². The van der Waals surface area contributed by atoms with Gasteiger partial charge in [-0.2, -0.15) is 0 Å². The predicted molar refractivity (Wildman–Crippen MR) is 104 cm³/mol. The Morgan fingerprint density at radius 3 is 2.04 bits per heavy atom. The Labute approximate surface area is 146 Å². The van der Waals surface area contributed by atoms with Gasteiger partial charge in [-0.25, -0.2) is 0 Å². The van der Waals surface area contributed by atoms with Crippen molar-refractivity contribution in [2.75, 3.05) is 6.54 Å². The normalized spacial score (nSPS) is 15.5. The third-order valence-electron chi connectivity index (χ3n) is 5.33. The first-order chi connectivity index (χ1) is 11.7. The molecule has 1 aliphatic carbocycles. The van der Waals surface area contributed by atoms with Crippen molar-refractivity contribution < 1.29 is 0 Å². The highest BCUT2D eigenvalue weighted by Gasteiger charge is 2.37. The number of benzene rings is 2. The van der Waals surface area contributed by atoms with Gasteiger partial charge in [0.2, 0.25) is 0 Å². The second-order valence-electron chi connectivity index (χ2n) is 7.25. The van der Waals surface area contributed by atoms with Gasteiger partial charge in [0.15, 0.2) is 0 Å². The fourth-order valence-corrected chi connectivity index (χ4v) is 4.24. The highest BCUT2D eigenvalue weighted by Crippen LogP contribution is 2.44. The SMILES string of the molecule is C=CCC1(CCNC(C)C)c2ccccc2CCc2ccccc21. The quantitative estimate of drug-likeness (QED) is 0.736. The molecule has 0 fully saturated rings. The summed E-state index contributed by atoms with van der Waals surface area (Å²) in [6, 6.07) is 18.6. The molecule has 0 unspecified atom stereocenters. The molecule has 2 aromatic carbocycles. The van der Waals surface area contributed by atoms with Gasteiger partial charge in [0, 0.05) is 11.5 Å². The number of hydrogen-bond donors (Lipinski definition) is 1. The van der Waals surface area contributed by atoms with Crippen molar-refractivity contribution in [2.24, 2.45) is 0 Å². The third kappa shape index (κ3) is 3.18. The Morgan fingerprint density at radius 2 is 1.54 bits per heavy atom. The fourth-order valence-electron chi connectivity index (χ4n) is 4.24. The van der Waals surface area contributed by atoms with Gasteiger partial charge in [0.1, 0.15) is 0 Å². The van der Waals surface area contributed by atoms with E-state index in [4.69, 9.17) is 0 Å². The molecule has 126 valence electrons. The average Bonchev–Trinajstić information content (AvgIpc) is 2.72. The lowest BCUT2D eigenvalue weighted by Crippen LogP contribution is -2.35. The van der Waals surface area contributed by atoms with Gasteiger partial charge in [-0.15, -0.1) is 6.58 Å². The lowest BCUT2D eigenvalue weighted by molar-refractivity contribution is 0.439. The standard InChI is InChI=1S/C23H29N/c1-4-15-23(16-17-24-18(2)3)21-11-7-5-9-19(21)13-14-20-10-6-8-12-22(20)23/h4-12,18,24H,1,13-17H2,2-3H3. The molecule has 0 saturated heterocycles. The summed E-state index contributed by atoms with van der Waals surface area (Å²) in [6.45, 7) is 9.56. The number of rotatable bonds is 6. The summed E-state index contributed by atoms with van der Waals surface area (Å²) >= 11 is 0. The van der Waals surface area contributed by atoms with E-state index in [1.54, 1.807) is 0 Å². The summed E-state index contributed by atoms with van der Waals surface area (Å²) in [6.07, 6.45) is 6.45. The van der Waals surface area contributed by atoms with Crippen molar-refractivity contribution in [1.82, 2.24) is 5.32 Å². The van der Waals surface area contributed by atoms with E-state index < -0.39 is 0 Å². The summed E-state index contributed by atoms with van der Waals surface area (Å²) in [4.78, 5) is 0. The predicted octanol–water partition coefficient (Wildman–Crippen LogP) is 5.04. The molecule has 0 saturated carbocycles. The summed E-state index contributed by atoms with van der Waals surface area (Å²) in [5.74, 6) is 0. The van der Waals surface area contributed by atoms with E-state index in [-0.39, 0.29) is 5.41 Å². The molecule has 0 heterocycles. The van der Waals surface area contributed by atoms with Crippen molar-refractivity contribution in [2.45, 2.75) is 51.0 Å². The van der Waals surface area contributed by atoms with Crippen molar-refractivity contribution >= 4 is 0 Å². The Bertz CT molecular complexity index is 651. The maximum atomic E-state index is 4.10. The fraction of sp³-hybridized carbons (Fsp3) is 0.391. The highest BCUT2D eigenvalue weighted by molar-refractivity contribution is 5.50. The van der Waals surface area contributed by atoms with Gasteiger partial charge < -0.3 is 5.32 Å². The topological polar surface area (TPSA) is 12.0 Å². The van der Waals surface area contributed by atoms with E-state index in [0.717, 1.165) is 32.2 Å². The van der Waals surface area contributed by atoms with Crippen molar-refractivity contribution in [3.8, 4) is 0 Å². The Kier molecular flexibility index (Phi) is 5.20. The molecule has 0 aromatic heterocycles. The van der Waals surface area contributed by atoms with Crippen molar-refractivity contribution in [3.63, 3.8) is 0 Å². The molecule has 0 aliphatic heterocycles. The summed E-state index contributed by atoms with van der Waals surface area (Å²) in [7, 11) is 0. The van der Waals surface area contributed by atoms with E-state index in [2.05, 4.69) is 80.4 Å². The summed E-state index contributed by atoms with van der Waals surface area (Å²) in [5, 5.41) is 3.62. The van der Waals surface area contributed by atoms with Crippen molar-refractivity contribution in [1.29, 1.82) is 0 Å². The van der Waals surface area contributed by atoms with Crippen LogP contribution in [0.5, 0.6) is 0 Å². The van der Waals surface area contributed by atoms with Crippen molar-refractivity contribution in [3.05, 3.63) is 83.4 Å². The first-order valence-electron chi connectivity index (χ1n) is 9.18. The summed E-state index contributed by atoms with van der Waals surface area (Å²) in [5.41, 5.74) is 6.04. The number of aryl methyl sites for hydroxylation is 2. The van der Waals surface area contributed by atoms with Gasteiger partial charge >= 0.3 is 0 Å². The molecular formula is C23H29N. The van der Waals surface area contributed by atoms with Crippen LogP contribution in [0.15, 0.2) is 61.2 Å². The number of allylic oxidation sites excluding steroid dienone is 1. The highest BCUT2D eigenvalue weighted by atomic mass is 14.9. The number of fused-ring (bicyclic) bond motifs is 2. The monoisotopic (exact) mass is 319 g/mol. The van der Waals surface area contributed by atoms with Gasteiger partial charge in [-0.05, 0) is 54.5 Å². The van der Waals surface area contributed by atoms with Crippen LogP contribution in [0, 0.1) is 0 Å². The zero-order chi connectivity index (χ0) is 17.0. The molecule has 1 nitrogen and oxygen atoms in total. The Morgan fingerprint density at radius 1 is 1.00 bits per heavy atom. The molecule has 3 rings (SSSR count). The van der Waals surface area contributed by atoms with Crippen LogP contribution in [0.4, 0.5) is 0 Å². The van der Waals surface area contributed by atoms with Crippen LogP contribution in [-0.4, -0.2) is 12.6 Å². The molecule has 0 atom stereocenters. The lowest BCUT2D eigenvalue weighted by Gasteiger charge is -2.36. The molecule has 24 heavy (non-hydrogen) atoms. The minimum absolute atomic E-state index is 0.0350. The second-order valence-corrected chi connectivity index (χ2v) is 7.25. The van der Waals surface area contributed by atoms with Gasteiger partial charge in [0.05, 0.1) is 0 Å². The number of hydrogen-bond acceptors (Lipinski definition) is 1. The van der Waals surface area contributed by atoms with Crippen LogP contribution >= 0.6 is 0 Å².